The Morgan fingerprint density at radius 3 is 2.75 bits per heavy atom. The summed E-state index contributed by atoms with van der Waals surface area (Å²) >= 11 is 0. The number of guanidine groups is 1. The minimum absolute atomic E-state index is 0.591. The molecule has 3 aromatic rings. The van der Waals surface area contributed by atoms with E-state index in [0.29, 0.717) is 6.54 Å². The van der Waals surface area contributed by atoms with E-state index in [1.165, 1.54) is 10.9 Å². The van der Waals surface area contributed by atoms with Gasteiger partial charge in [-0.3, -0.25) is 0 Å². The van der Waals surface area contributed by atoms with Crippen LogP contribution in [0.25, 0.3) is 10.9 Å². The quantitative estimate of drug-likeness (QED) is 0.335. The molecular weight excluding hydrogens is 350 g/mol. The van der Waals surface area contributed by atoms with Crippen LogP contribution in [0, 0.1) is 0 Å². The number of aromatic nitrogens is 2. The zero-order valence-corrected chi connectivity index (χ0v) is 17.2. The van der Waals surface area contributed by atoms with E-state index >= 15 is 0 Å². The highest BCUT2D eigenvalue weighted by Gasteiger charge is 2.13. The zero-order valence-electron chi connectivity index (χ0n) is 17.2. The largest absolute Gasteiger partial charge is 0.361 e. The van der Waals surface area contributed by atoms with Crippen LogP contribution in [-0.4, -0.2) is 28.8 Å². The Kier molecular flexibility index (Phi) is 7.12. The molecule has 3 rings (SSSR count). The third kappa shape index (κ3) is 4.74. The van der Waals surface area contributed by atoms with Crippen molar-refractivity contribution in [2.24, 2.45) is 4.99 Å². The number of fused-ring (bicyclic) bond motifs is 1. The van der Waals surface area contributed by atoms with Gasteiger partial charge < -0.3 is 19.7 Å². The molecule has 0 atom stereocenters. The fraction of sp³-hybridized carbons (Fsp3) is 0.455. The molecule has 2 N–H and O–H groups in total. The second-order valence-electron chi connectivity index (χ2n) is 6.78. The zero-order chi connectivity index (χ0) is 19.8. The molecule has 28 heavy (non-hydrogen) atoms. The molecule has 0 aliphatic carbocycles. The van der Waals surface area contributed by atoms with Crippen LogP contribution in [0.1, 0.15) is 44.2 Å². The van der Waals surface area contributed by atoms with E-state index in [9.17, 15) is 0 Å². The summed E-state index contributed by atoms with van der Waals surface area (Å²) < 4.78 is 7.75. The fourth-order valence-corrected chi connectivity index (χ4v) is 3.41. The lowest BCUT2D eigenvalue weighted by molar-refractivity contribution is 0.380. The lowest BCUT2D eigenvalue weighted by Crippen LogP contribution is -2.38. The van der Waals surface area contributed by atoms with Crippen molar-refractivity contribution in [1.29, 1.82) is 0 Å². The van der Waals surface area contributed by atoms with Crippen molar-refractivity contribution in [3.63, 3.8) is 0 Å². The van der Waals surface area contributed by atoms with Crippen LogP contribution in [0.15, 0.2) is 46.0 Å². The van der Waals surface area contributed by atoms with Gasteiger partial charge in [0.1, 0.15) is 5.76 Å². The molecule has 1 aromatic carbocycles. The van der Waals surface area contributed by atoms with Crippen molar-refractivity contribution in [2.45, 2.75) is 53.1 Å². The van der Waals surface area contributed by atoms with E-state index in [0.717, 1.165) is 61.9 Å². The first-order valence-corrected chi connectivity index (χ1v) is 10.3. The van der Waals surface area contributed by atoms with Gasteiger partial charge in [0.25, 0.3) is 0 Å². The van der Waals surface area contributed by atoms with Crippen molar-refractivity contribution in [1.82, 2.24) is 20.4 Å². The predicted octanol–water partition coefficient (Wildman–Crippen LogP) is 3.90. The number of hydrogen-bond donors (Lipinski definition) is 2. The number of benzene rings is 1. The average Bonchev–Trinajstić information content (AvgIpc) is 3.32. The van der Waals surface area contributed by atoms with Crippen molar-refractivity contribution >= 4 is 16.9 Å². The SMILES string of the molecule is CCNC(=NCc1c(CC)noc1CC)NCCCn1ccc2ccccc21. The first-order chi connectivity index (χ1) is 13.8. The van der Waals surface area contributed by atoms with E-state index in [1.807, 2.05) is 0 Å². The summed E-state index contributed by atoms with van der Waals surface area (Å²) in [5.41, 5.74) is 3.42. The van der Waals surface area contributed by atoms with Crippen molar-refractivity contribution in [3.05, 3.63) is 53.5 Å². The molecule has 6 heteroatoms. The maximum absolute atomic E-state index is 5.44. The molecule has 0 bridgehead atoms. The first-order valence-electron chi connectivity index (χ1n) is 10.3. The molecule has 0 spiro atoms. The monoisotopic (exact) mass is 381 g/mol. The minimum atomic E-state index is 0.591. The molecule has 0 fully saturated rings. The number of rotatable bonds is 9. The molecule has 6 nitrogen and oxygen atoms in total. The Labute approximate surface area is 167 Å². The number of aliphatic imine (C=N–C) groups is 1. The Hall–Kier alpha value is -2.76. The third-order valence-corrected chi connectivity index (χ3v) is 4.89. The van der Waals surface area contributed by atoms with Gasteiger partial charge in [0.05, 0.1) is 12.2 Å². The van der Waals surface area contributed by atoms with Gasteiger partial charge in [0.15, 0.2) is 5.96 Å². The summed E-state index contributed by atoms with van der Waals surface area (Å²) in [6, 6.07) is 10.7. The van der Waals surface area contributed by atoms with Gasteiger partial charge >= 0.3 is 0 Å². The topological polar surface area (TPSA) is 67.4 Å². The maximum Gasteiger partial charge on any atom is 0.191 e. The van der Waals surface area contributed by atoms with Gasteiger partial charge in [0, 0.05) is 43.3 Å². The standard InChI is InChI=1S/C22H31N5O/c1-4-19-18(21(5-2)28-26-19)16-25-22(23-6-3)24-13-9-14-27-15-12-17-10-7-8-11-20(17)27/h7-8,10-12,15H,4-6,9,13-14,16H2,1-3H3,(H2,23,24,25). The minimum Gasteiger partial charge on any atom is -0.361 e. The summed E-state index contributed by atoms with van der Waals surface area (Å²) in [5.74, 6) is 1.78. The number of hydrogen-bond acceptors (Lipinski definition) is 3. The lowest BCUT2D eigenvalue weighted by Gasteiger charge is -2.12. The Balaban J connectivity index is 1.56. The van der Waals surface area contributed by atoms with Crippen LogP contribution in [-0.2, 0) is 25.9 Å². The highest BCUT2D eigenvalue weighted by molar-refractivity contribution is 5.80. The molecule has 0 aliphatic heterocycles. The number of aryl methyl sites for hydroxylation is 3. The highest BCUT2D eigenvalue weighted by Crippen LogP contribution is 2.17. The summed E-state index contributed by atoms with van der Waals surface area (Å²) in [4.78, 5) is 4.75. The van der Waals surface area contributed by atoms with Gasteiger partial charge in [-0.25, -0.2) is 4.99 Å². The lowest BCUT2D eigenvalue weighted by atomic mass is 10.1. The van der Waals surface area contributed by atoms with Gasteiger partial charge in [-0.15, -0.1) is 0 Å². The van der Waals surface area contributed by atoms with Crippen LogP contribution >= 0.6 is 0 Å². The van der Waals surface area contributed by atoms with Crippen molar-refractivity contribution < 1.29 is 4.52 Å². The second-order valence-corrected chi connectivity index (χ2v) is 6.78. The number of nitrogens with zero attached hydrogens (tertiary/aromatic N) is 3. The summed E-state index contributed by atoms with van der Waals surface area (Å²) in [6.45, 7) is 9.53. The fourth-order valence-electron chi connectivity index (χ4n) is 3.41. The van der Waals surface area contributed by atoms with E-state index < -0.39 is 0 Å². The highest BCUT2D eigenvalue weighted by atomic mass is 16.5. The van der Waals surface area contributed by atoms with Crippen molar-refractivity contribution in [2.75, 3.05) is 13.1 Å². The van der Waals surface area contributed by atoms with Crippen LogP contribution in [0.5, 0.6) is 0 Å². The smallest absolute Gasteiger partial charge is 0.191 e. The maximum atomic E-state index is 5.44. The van der Waals surface area contributed by atoms with Crippen LogP contribution in [0.4, 0.5) is 0 Å². The molecule has 0 saturated carbocycles. The van der Waals surface area contributed by atoms with Crippen LogP contribution < -0.4 is 10.6 Å². The van der Waals surface area contributed by atoms with Crippen LogP contribution in [0.3, 0.4) is 0 Å². The molecule has 0 aliphatic rings. The van der Waals surface area contributed by atoms with Gasteiger partial charge in [-0.05, 0) is 37.3 Å². The summed E-state index contributed by atoms with van der Waals surface area (Å²) in [5, 5.41) is 12.2. The summed E-state index contributed by atoms with van der Waals surface area (Å²) in [7, 11) is 0. The normalized spacial score (nSPS) is 11.9. The first kappa shape index (κ1) is 20.0. The third-order valence-electron chi connectivity index (χ3n) is 4.89. The molecule has 0 amide bonds. The van der Waals surface area contributed by atoms with E-state index in [4.69, 9.17) is 9.52 Å². The molecular formula is C22H31N5O. The predicted molar refractivity (Wildman–Crippen MR) is 115 cm³/mol. The van der Waals surface area contributed by atoms with Gasteiger partial charge in [0.2, 0.25) is 0 Å². The van der Waals surface area contributed by atoms with Crippen LogP contribution in [0.2, 0.25) is 0 Å². The van der Waals surface area contributed by atoms with Gasteiger partial charge in [-0.2, -0.15) is 0 Å². The van der Waals surface area contributed by atoms with E-state index in [1.54, 1.807) is 0 Å². The molecule has 0 unspecified atom stereocenters. The number of nitrogens with one attached hydrogen (secondary N) is 2. The Morgan fingerprint density at radius 2 is 1.96 bits per heavy atom. The Bertz CT molecular complexity index is 887. The molecule has 0 saturated heterocycles. The average molecular weight is 382 g/mol. The molecule has 2 aromatic heterocycles. The second kappa shape index (κ2) is 9.97. The molecule has 150 valence electrons. The number of para-hydroxylation sites is 1. The Morgan fingerprint density at radius 1 is 1.11 bits per heavy atom. The van der Waals surface area contributed by atoms with Crippen molar-refractivity contribution in [3.8, 4) is 0 Å². The van der Waals surface area contributed by atoms with Gasteiger partial charge in [-0.1, -0.05) is 37.2 Å². The summed E-state index contributed by atoms with van der Waals surface area (Å²) in [6.07, 6.45) is 4.89. The van der Waals surface area contributed by atoms with E-state index in [-0.39, 0.29) is 0 Å². The molecule has 2 heterocycles. The molecule has 0 radical (unpaired) electrons. The van der Waals surface area contributed by atoms with E-state index in [2.05, 4.69) is 77.7 Å².